The van der Waals surface area contributed by atoms with E-state index in [-0.39, 0.29) is 11.5 Å². The first kappa shape index (κ1) is 13.3. The summed E-state index contributed by atoms with van der Waals surface area (Å²) in [7, 11) is 1.71. The van der Waals surface area contributed by atoms with Gasteiger partial charge in [0.15, 0.2) is 0 Å². The predicted molar refractivity (Wildman–Crippen MR) is 72.3 cm³/mol. The molecule has 0 saturated heterocycles. The molecule has 0 unspecified atom stereocenters. The van der Waals surface area contributed by atoms with Crippen LogP contribution < -0.4 is 5.32 Å². The highest BCUT2D eigenvalue weighted by Gasteiger charge is 2.13. The summed E-state index contributed by atoms with van der Waals surface area (Å²) in [6, 6.07) is 4.38. The fraction of sp³-hybridized carbons (Fsp3) is 0.0833. The van der Waals surface area contributed by atoms with Crippen LogP contribution in [0.3, 0.4) is 0 Å². The van der Waals surface area contributed by atoms with Crippen LogP contribution in [0, 0.1) is 0 Å². The van der Waals surface area contributed by atoms with Gasteiger partial charge in [-0.3, -0.25) is 4.79 Å². The van der Waals surface area contributed by atoms with Crippen molar-refractivity contribution in [2.45, 2.75) is 0 Å². The molecule has 0 saturated carbocycles. The van der Waals surface area contributed by atoms with E-state index >= 15 is 0 Å². The minimum atomic E-state index is -1.02. The molecule has 0 radical (unpaired) electrons. The zero-order valence-corrected chi connectivity index (χ0v) is 11.5. The van der Waals surface area contributed by atoms with Crippen LogP contribution >= 0.6 is 15.9 Å². The Hall–Kier alpha value is -2.15. The Morgan fingerprint density at radius 1 is 1.42 bits per heavy atom. The molecule has 6 nitrogen and oxygen atoms in total. The SMILES string of the molecule is Cn1cncc1C(=O)Nc1ccc(C(=O)O)cc1Br. The van der Waals surface area contributed by atoms with E-state index in [0.717, 1.165) is 0 Å². The predicted octanol–water partition coefficient (Wildman–Crippen LogP) is 2.13. The lowest BCUT2D eigenvalue weighted by molar-refractivity contribution is 0.0696. The third-order valence-corrected chi connectivity index (χ3v) is 3.17. The van der Waals surface area contributed by atoms with Gasteiger partial charge < -0.3 is 15.0 Å². The fourth-order valence-corrected chi connectivity index (χ4v) is 1.99. The number of benzene rings is 1. The molecule has 0 aliphatic rings. The largest absolute Gasteiger partial charge is 0.478 e. The number of imidazole rings is 1. The van der Waals surface area contributed by atoms with Gasteiger partial charge in [0.05, 0.1) is 23.8 Å². The van der Waals surface area contributed by atoms with Gasteiger partial charge >= 0.3 is 5.97 Å². The number of nitrogens with one attached hydrogen (secondary N) is 1. The number of carbonyl (C=O) groups excluding carboxylic acids is 1. The maximum absolute atomic E-state index is 12.0. The smallest absolute Gasteiger partial charge is 0.335 e. The first-order valence-corrected chi connectivity index (χ1v) is 6.09. The average molecular weight is 324 g/mol. The lowest BCUT2D eigenvalue weighted by atomic mass is 10.2. The lowest BCUT2D eigenvalue weighted by Crippen LogP contribution is -2.15. The molecule has 0 aliphatic carbocycles. The Labute approximate surface area is 117 Å². The van der Waals surface area contributed by atoms with Crippen LogP contribution in [0.1, 0.15) is 20.8 Å². The van der Waals surface area contributed by atoms with Crippen LogP contribution in [0.15, 0.2) is 35.2 Å². The molecule has 1 aromatic heterocycles. The molecule has 1 aromatic carbocycles. The zero-order valence-electron chi connectivity index (χ0n) is 9.92. The zero-order chi connectivity index (χ0) is 14.0. The first-order valence-electron chi connectivity index (χ1n) is 5.29. The third kappa shape index (κ3) is 2.82. The lowest BCUT2D eigenvalue weighted by Gasteiger charge is -2.08. The minimum Gasteiger partial charge on any atom is -0.478 e. The van der Waals surface area contributed by atoms with Gasteiger partial charge in [0.2, 0.25) is 0 Å². The number of rotatable bonds is 3. The summed E-state index contributed by atoms with van der Waals surface area (Å²) < 4.78 is 2.09. The van der Waals surface area contributed by atoms with E-state index in [9.17, 15) is 9.59 Å². The molecular formula is C12H10BrN3O3. The van der Waals surface area contributed by atoms with E-state index in [4.69, 9.17) is 5.11 Å². The topological polar surface area (TPSA) is 84.2 Å². The van der Waals surface area contributed by atoms with Crippen molar-refractivity contribution in [1.82, 2.24) is 9.55 Å². The van der Waals surface area contributed by atoms with Crippen LogP contribution in [0.25, 0.3) is 0 Å². The highest BCUT2D eigenvalue weighted by Crippen LogP contribution is 2.24. The molecule has 0 fully saturated rings. The number of amides is 1. The van der Waals surface area contributed by atoms with Gasteiger partial charge in [-0.25, -0.2) is 9.78 Å². The fourth-order valence-electron chi connectivity index (χ4n) is 1.51. The molecular weight excluding hydrogens is 314 g/mol. The van der Waals surface area contributed by atoms with Gasteiger partial charge in [-0.1, -0.05) is 0 Å². The van der Waals surface area contributed by atoms with E-state index in [2.05, 4.69) is 26.2 Å². The maximum atomic E-state index is 12.0. The summed E-state index contributed by atoms with van der Waals surface area (Å²) in [4.78, 5) is 26.6. The summed E-state index contributed by atoms with van der Waals surface area (Å²) in [5.41, 5.74) is 1.05. The molecule has 19 heavy (non-hydrogen) atoms. The van der Waals surface area contributed by atoms with E-state index < -0.39 is 5.97 Å². The summed E-state index contributed by atoms with van der Waals surface area (Å²) >= 11 is 3.23. The Morgan fingerprint density at radius 2 is 2.16 bits per heavy atom. The number of aromatic nitrogens is 2. The molecule has 7 heteroatoms. The summed E-state index contributed by atoms with van der Waals surface area (Å²) in [6.45, 7) is 0. The maximum Gasteiger partial charge on any atom is 0.335 e. The van der Waals surface area contributed by atoms with Crippen LogP contribution in [0.4, 0.5) is 5.69 Å². The van der Waals surface area contributed by atoms with Crippen molar-refractivity contribution >= 4 is 33.5 Å². The molecule has 2 N–H and O–H groups in total. The highest BCUT2D eigenvalue weighted by molar-refractivity contribution is 9.10. The number of carboxylic acids is 1. The number of carboxylic acid groups (broad SMARTS) is 1. The second-order valence-electron chi connectivity index (χ2n) is 3.84. The van der Waals surface area contributed by atoms with Crippen molar-refractivity contribution in [3.8, 4) is 0 Å². The molecule has 0 bridgehead atoms. The molecule has 0 atom stereocenters. The molecule has 0 spiro atoms. The van der Waals surface area contributed by atoms with Crippen LogP contribution in [-0.4, -0.2) is 26.5 Å². The van der Waals surface area contributed by atoms with Crippen molar-refractivity contribution in [3.05, 3.63) is 46.5 Å². The molecule has 0 aliphatic heterocycles. The standard InChI is InChI=1S/C12H10BrN3O3/c1-16-6-14-5-10(16)11(17)15-9-3-2-7(12(18)19)4-8(9)13/h2-6H,1H3,(H,15,17)(H,18,19). The number of aromatic carboxylic acids is 1. The summed E-state index contributed by atoms with van der Waals surface area (Å²) in [6.07, 6.45) is 2.98. The van der Waals surface area contributed by atoms with Gasteiger partial charge in [0.1, 0.15) is 5.69 Å². The number of hydrogen-bond donors (Lipinski definition) is 2. The molecule has 2 rings (SSSR count). The Kier molecular flexibility index (Phi) is 3.66. The van der Waals surface area contributed by atoms with Crippen molar-refractivity contribution in [3.63, 3.8) is 0 Å². The van der Waals surface area contributed by atoms with Gasteiger partial charge in [-0.15, -0.1) is 0 Å². The Balaban J connectivity index is 2.23. The van der Waals surface area contributed by atoms with Crippen LogP contribution in [0.5, 0.6) is 0 Å². The van der Waals surface area contributed by atoms with Gasteiger partial charge in [0.25, 0.3) is 5.91 Å². The number of anilines is 1. The van der Waals surface area contributed by atoms with E-state index in [0.29, 0.717) is 15.9 Å². The number of nitrogens with zero attached hydrogens (tertiary/aromatic N) is 2. The molecule has 1 amide bonds. The quantitative estimate of drug-likeness (QED) is 0.906. The highest BCUT2D eigenvalue weighted by atomic mass is 79.9. The minimum absolute atomic E-state index is 0.144. The Morgan fingerprint density at radius 3 is 2.68 bits per heavy atom. The Bertz CT molecular complexity index is 651. The molecule has 98 valence electrons. The number of hydrogen-bond acceptors (Lipinski definition) is 3. The molecule has 2 aromatic rings. The van der Waals surface area contributed by atoms with Crippen molar-refractivity contribution in [1.29, 1.82) is 0 Å². The first-order chi connectivity index (χ1) is 8.99. The van der Waals surface area contributed by atoms with Crippen LogP contribution in [-0.2, 0) is 7.05 Å². The summed E-state index contributed by atoms with van der Waals surface area (Å²) in [5, 5.41) is 11.5. The van der Waals surface area contributed by atoms with Crippen LogP contribution in [0.2, 0.25) is 0 Å². The normalized spacial score (nSPS) is 10.2. The number of aryl methyl sites for hydroxylation is 1. The molecule has 1 heterocycles. The van der Waals surface area contributed by atoms with Gasteiger partial charge in [-0.05, 0) is 34.1 Å². The van der Waals surface area contributed by atoms with E-state index in [1.807, 2.05) is 0 Å². The van der Waals surface area contributed by atoms with E-state index in [1.165, 1.54) is 30.7 Å². The average Bonchev–Trinajstić information content (AvgIpc) is 2.77. The van der Waals surface area contributed by atoms with Gasteiger partial charge in [0, 0.05) is 11.5 Å². The second kappa shape index (κ2) is 5.23. The number of halogens is 1. The van der Waals surface area contributed by atoms with Crippen molar-refractivity contribution < 1.29 is 14.7 Å². The third-order valence-electron chi connectivity index (χ3n) is 2.51. The number of carbonyl (C=O) groups is 2. The summed E-state index contributed by atoms with van der Waals surface area (Å²) in [5.74, 6) is -1.34. The van der Waals surface area contributed by atoms with Crippen molar-refractivity contribution in [2.75, 3.05) is 5.32 Å². The second-order valence-corrected chi connectivity index (χ2v) is 4.70. The monoisotopic (exact) mass is 323 g/mol. The van der Waals surface area contributed by atoms with Gasteiger partial charge in [-0.2, -0.15) is 0 Å². The van der Waals surface area contributed by atoms with Crippen molar-refractivity contribution in [2.24, 2.45) is 7.05 Å². The van der Waals surface area contributed by atoms with E-state index in [1.54, 1.807) is 11.6 Å².